The number of nitrogens with one attached hydrogen (secondary N) is 1. The average molecular weight is 544 g/mol. The number of benzene rings is 3. The van der Waals surface area contributed by atoms with Gasteiger partial charge in [-0.2, -0.15) is 0 Å². The third-order valence-corrected chi connectivity index (χ3v) is 7.75. The monoisotopic (exact) mass is 543 g/mol. The van der Waals surface area contributed by atoms with Gasteiger partial charge in [0.05, 0.1) is 11.6 Å². The molecule has 0 saturated carbocycles. The molecule has 3 aromatic rings. The van der Waals surface area contributed by atoms with Crippen LogP contribution in [0, 0.1) is 18.8 Å². The van der Waals surface area contributed by atoms with Crippen LogP contribution in [0.5, 0.6) is 0 Å². The minimum absolute atomic E-state index is 0.0368. The summed E-state index contributed by atoms with van der Waals surface area (Å²) in [6.45, 7) is 3.26. The Morgan fingerprint density at radius 2 is 1.59 bits per heavy atom. The highest BCUT2D eigenvalue weighted by molar-refractivity contribution is 6.31. The maximum atomic E-state index is 13.2. The number of amides is 3. The molecule has 5 rings (SSSR count). The maximum absolute atomic E-state index is 13.2. The van der Waals surface area contributed by atoms with Gasteiger partial charge in [0, 0.05) is 53.8 Å². The number of halogens is 1. The van der Waals surface area contributed by atoms with Crippen LogP contribution in [0.25, 0.3) is 0 Å². The van der Waals surface area contributed by atoms with Gasteiger partial charge in [0.25, 0.3) is 0 Å². The second-order valence-corrected chi connectivity index (χ2v) is 10.7. The number of ketones is 1. The van der Waals surface area contributed by atoms with E-state index < -0.39 is 0 Å². The molecule has 2 heterocycles. The Bertz CT molecular complexity index is 1400. The van der Waals surface area contributed by atoms with Crippen molar-refractivity contribution in [1.29, 1.82) is 0 Å². The molecule has 2 saturated heterocycles. The van der Waals surface area contributed by atoms with Crippen LogP contribution in [-0.2, 0) is 14.4 Å². The fourth-order valence-electron chi connectivity index (χ4n) is 5.26. The molecule has 1 atom stereocenters. The van der Waals surface area contributed by atoms with E-state index in [1.807, 2.05) is 37.3 Å². The Morgan fingerprint density at radius 1 is 0.897 bits per heavy atom. The van der Waals surface area contributed by atoms with Gasteiger partial charge in [-0.05, 0) is 50.1 Å². The SMILES string of the molecule is Cc1ccc(N2CC(C(=O)N3CCC(C(=O)Nc4ccc(Cl)cc4C(=O)c4ccccc4)CC3)CC2=O)cc1. The Balaban J connectivity index is 1.19. The zero-order valence-corrected chi connectivity index (χ0v) is 22.5. The summed E-state index contributed by atoms with van der Waals surface area (Å²) < 4.78 is 0. The van der Waals surface area contributed by atoms with Crippen LogP contribution in [0.4, 0.5) is 11.4 Å². The van der Waals surface area contributed by atoms with Crippen molar-refractivity contribution in [1.82, 2.24) is 4.90 Å². The molecule has 2 aliphatic heterocycles. The van der Waals surface area contributed by atoms with E-state index in [2.05, 4.69) is 5.32 Å². The van der Waals surface area contributed by atoms with Crippen LogP contribution in [-0.4, -0.2) is 48.0 Å². The van der Waals surface area contributed by atoms with E-state index in [-0.39, 0.29) is 41.8 Å². The standard InChI is InChI=1S/C31H30ClN3O4/c1-20-7-10-25(11-8-20)35-19-23(17-28(35)36)31(39)34-15-13-22(14-16-34)30(38)33-27-12-9-24(32)18-26(27)29(37)21-5-3-2-4-6-21/h2-12,18,22-23H,13-17,19H2,1H3,(H,33,38). The van der Waals surface area contributed by atoms with E-state index in [4.69, 9.17) is 11.6 Å². The Hall–Kier alpha value is -3.97. The maximum Gasteiger partial charge on any atom is 0.228 e. The molecular weight excluding hydrogens is 514 g/mol. The summed E-state index contributed by atoms with van der Waals surface area (Å²) in [7, 11) is 0. The summed E-state index contributed by atoms with van der Waals surface area (Å²) in [6, 6.07) is 21.4. The summed E-state index contributed by atoms with van der Waals surface area (Å²) in [5.74, 6) is -1.17. The molecule has 0 radical (unpaired) electrons. The average Bonchev–Trinajstić information content (AvgIpc) is 3.35. The van der Waals surface area contributed by atoms with Crippen LogP contribution in [0.1, 0.15) is 40.7 Å². The van der Waals surface area contributed by atoms with Crippen molar-refractivity contribution >= 4 is 46.5 Å². The predicted octanol–water partition coefficient (Wildman–Crippen LogP) is 5.11. The van der Waals surface area contributed by atoms with Gasteiger partial charge in [0.15, 0.2) is 5.78 Å². The lowest BCUT2D eigenvalue weighted by atomic mass is 9.94. The first-order chi connectivity index (χ1) is 18.8. The number of carbonyl (C=O) groups is 4. The van der Waals surface area contributed by atoms with E-state index in [1.165, 1.54) is 0 Å². The normalized spacial score (nSPS) is 17.8. The van der Waals surface area contributed by atoms with Crippen molar-refractivity contribution in [3.63, 3.8) is 0 Å². The van der Waals surface area contributed by atoms with Crippen LogP contribution in [0.2, 0.25) is 5.02 Å². The van der Waals surface area contributed by atoms with Gasteiger partial charge in [-0.3, -0.25) is 19.2 Å². The largest absolute Gasteiger partial charge is 0.342 e. The number of rotatable bonds is 6. The number of hydrogen-bond donors (Lipinski definition) is 1. The highest BCUT2D eigenvalue weighted by Gasteiger charge is 2.38. The quantitative estimate of drug-likeness (QED) is 0.438. The number of aryl methyl sites for hydroxylation is 1. The Kier molecular flexibility index (Phi) is 7.79. The third kappa shape index (κ3) is 5.88. The highest BCUT2D eigenvalue weighted by atomic mass is 35.5. The summed E-state index contributed by atoms with van der Waals surface area (Å²) >= 11 is 6.17. The second kappa shape index (κ2) is 11.4. The van der Waals surface area contributed by atoms with E-state index in [0.717, 1.165) is 11.3 Å². The molecule has 2 fully saturated rings. The second-order valence-electron chi connectivity index (χ2n) is 10.2. The lowest BCUT2D eigenvalue weighted by molar-refractivity contribution is -0.138. The van der Waals surface area contributed by atoms with Gasteiger partial charge in [-0.15, -0.1) is 0 Å². The molecule has 8 heteroatoms. The molecule has 200 valence electrons. The molecule has 1 N–H and O–H groups in total. The molecule has 7 nitrogen and oxygen atoms in total. The molecule has 2 aliphatic rings. The molecule has 0 spiro atoms. The van der Waals surface area contributed by atoms with Gasteiger partial charge in [-0.25, -0.2) is 0 Å². The van der Waals surface area contributed by atoms with Gasteiger partial charge < -0.3 is 15.1 Å². The first kappa shape index (κ1) is 26.6. The smallest absolute Gasteiger partial charge is 0.228 e. The highest BCUT2D eigenvalue weighted by Crippen LogP contribution is 2.29. The third-order valence-electron chi connectivity index (χ3n) is 7.52. The number of hydrogen-bond acceptors (Lipinski definition) is 4. The first-order valence-electron chi connectivity index (χ1n) is 13.2. The zero-order valence-electron chi connectivity index (χ0n) is 21.7. The first-order valence-corrected chi connectivity index (χ1v) is 13.5. The van der Waals surface area contributed by atoms with E-state index >= 15 is 0 Å². The molecule has 0 bridgehead atoms. The lowest BCUT2D eigenvalue weighted by Crippen LogP contribution is -2.44. The molecule has 1 unspecified atom stereocenters. The minimum atomic E-state index is -0.384. The van der Waals surface area contributed by atoms with E-state index in [0.29, 0.717) is 54.3 Å². The van der Waals surface area contributed by atoms with Gasteiger partial charge in [0.2, 0.25) is 17.7 Å². The number of piperidine rings is 1. The minimum Gasteiger partial charge on any atom is -0.342 e. The summed E-state index contributed by atoms with van der Waals surface area (Å²) in [5, 5.41) is 3.33. The molecule has 39 heavy (non-hydrogen) atoms. The number of likely N-dealkylation sites (tertiary alicyclic amines) is 1. The van der Waals surface area contributed by atoms with E-state index in [9.17, 15) is 19.2 Å². The van der Waals surface area contributed by atoms with Crippen molar-refractivity contribution in [2.45, 2.75) is 26.2 Å². The van der Waals surface area contributed by atoms with Crippen molar-refractivity contribution in [2.75, 3.05) is 29.9 Å². The predicted molar refractivity (Wildman–Crippen MR) is 151 cm³/mol. The van der Waals surface area contributed by atoms with Crippen LogP contribution >= 0.6 is 11.6 Å². The summed E-state index contributed by atoms with van der Waals surface area (Å²) in [5.41, 5.74) is 3.17. The number of nitrogens with zero attached hydrogens (tertiary/aromatic N) is 2. The number of anilines is 2. The summed E-state index contributed by atoms with van der Waals surface area (Å²) in [6.07, 6.45) is 1.22. The number of carbonyl (C=O) groups excluding carboxylic acids is 4. The van der Waals surface area contributed by atoms with Crippen molar-refractivity contribution in [3.8, 4) is 0 Å². The van der Waals surface area contributed by atoms with Crippen molar-refractivity contribution < 1.29 is 19.2 Å². The van der Waals surface area contributed by atoms with Crippen LogP contribution < -0.4 is 10.2 Å². The zero-order chi connectivity index (χ0) is 27.5. The van der Waals surface area contributed by atoms with Crippen LogP contribution in [0.15, 0.2) is 72.8 Å². The van der Waals surface area contributed by atoms with Crippen LogP contribution in [0.3, 0.4) is 0 Å². The molecule has 3 amide bonds. The topological polar surface area (TPSA) is 86.8 Å². The van der Waals surface area contributed by atoms with Crippen molar-refractivity contribution in [2.24, 2.45) is 11.8 Å². The van der Waals surface area contributed by atoms with Gasteiger partial charge in [-0.1, -0.05) is 59.6 Å². The molecule has 3 aromatic carbocycles. The fourth-order valence-corrected chi connectivity index (χ4v) is 5.43. The molecule has 0 aromatic heterocycles. The molecule has 0 aliphatic carbocycles. The van der Waals surface area contributed by atoms with Crippen molar-refractivity contribution in [3.05, 3.63) is 94.5 Å². The lowest BCUT2D eigenvalue weighted by Gasteiger charge is -2.33. The Labute approximate surface area is 232 Å². The van der Waals surface area contributed by atoms with E-state index in [1.54, 1.807) is 52.3 Å². The summed E-state index contributed by atoms with van der Waals surface area (Å²) in [4.78, 5) is 55.6. The van der Waals surface area contributed by atoms with Gasteiger partial charge in [0.1, 0.15) is 0 Å². The Morgan fingerprint density at radius 3 is 2.28 bits per heavy atom. The molecular formula is C31H30ClN3O4. The fraction of sp³-hybridized carbons (Fsp3) is 0.290. The van der Waals surface area contributed by atoms with Gasteiger partial charge >= 0.3 is 0 Å².